The summed E-state index contributed by atoms with van der Waals surface area (Å²) in [5, 5.41) is 17.7. The first-order chi connectivity index (χ1) is 18.6. The van der Waals surface area contributed by atoms with Crippen molar-refractivity contribution in [2.75, 3.05) is 29.9 Å². The molecular weight excluding hydrogens is 523 g/mol. The first-order valence-electron chi connectivity index (χ1n) is 12.7. The van der Waals surface area contributed by atoms with Crippen molar-refractivity contribution in [2.24, 2.45) is 4.36 Å². The highest BCUT2D eigenvalue weighted by atomic mass is 32.2. The summed E-state index contributed by atoms with van der Waals surface area (Å²) in [5.41, 5.74) is 3.30. The maximum absolute atomic E-state index is 14.2. The molecule has 206 valence electrons. The van der Waals surface area contributed by atoms with Crippen molar-refractivity contribution in [1.29, 1.82) is 0 Å². The van der Waals surface area contributed by atoms with Crippen LogP contribution in [-0.4, -0.2) is 60.2 Å². The van der Waals surface area contributed by atoms with Crippen LogP contribution >= 0.6 is 0 Å². The molecule has 0 aliphatic carbocycles. The van der Waals surface area contributed by atoms with E-state index < -0.39 is 27.9 Å². The number of anilines is 2. The van der Waals surface area contributed by atoms with Gasteiger partial charge in [0.2, 0.25) is 0 Å². The molecule has 0 bridgehead atoms. The van der Waals surface area contributed by atoms with Gasteiger partial charge in [0.1, 0.15) is 29.9 Å². The highest BCUT2D eigenvalue weighted by molar-refractivity contribution is 7.93. The molecule has 12 heteroatoms. The molecule has 1 fully saturated rings. The smallest absolute Gasteiger partial charge is 0.177 e. The van der Waals surface area contributed by atoms with Crippen molar-refractivity contribution < 1.29 is 23.0 Å². The molecule has 2 aromatic carbocycles. The second-order valence-corrected chi connectivity index (χ2v) is 12.3. The summed E-state index contributed by atoms with van der Waals surface area (Å²) in [6.45, 7) is 8.28. The lowest BCUT2D eigenvalue weighted by Gasteiger charge is -2.30. The van der Waals surface area contributed by atoms with Crippen LogP contribution in [0.2, 0.25) is 0 Å². The lowest BCUT2D eigenvalue weighted by molar-refractivity contribution is 0.0256. The summed E-state index contributed by atoms with van der Waals surface area (Å²) in [6, 6.07) is 9.64. The van der Waals surface area contributed by atoms with E-state index in [1.165, 1.54) is 18.5 Å². The van der Waals surface area contributed by atoms with Crippen LogP contribution in [0.15, 0.2) is 51.6 Å². The van der Waals surface area contributed by atoms with Crippen LogP contribution in [-0.2, 0) is 9.73 Å². The second kappa shape index (κ2) is 10.9. The number of hydrogen-bond acceptors (Lipinski definition) is 10. The number of aliphatic hydroxyl groups excluding tert-OH is 1. The van der Waals surface area contributed by atoms with Gasteiger partial charge in [-0.25, -0.2) is 18.6 Å². The average molecular weight is 555 g/mol. The number of rotatable bonds is 7. The third-order valence-electron chi connectivity index (χ3n) is 6.66. The Hall–Kier alpha value is -3.61. The maximum atomic E-state index is 14.2. The minimum Gasteiger partial charge on any atom is -0.480 e. The summed E-state index contributed by atoms with van der Waals surface area (Å²) in [5.74, 6) is 1.67. The fraction of sp³-hybridized carbons (Fsp3) is 0.370. The number of benzene rings is 2. The molecule has 1 saturated heterocycles. The molecule has 2 N–H and O–H groups in total. The van der Waals surface area contributed by atoms with Gasteiger partial charge in [-0.1, -0.05) is 5.16 Å². The van der Waals surface area contributed by atoms with Gasteiger partial charge in [0, 0.05) is 42.1 Å². The van der Waals surface area contributed by atoms with Crippen LogP contribution in [0.4, 0.5) is 21.6 Å². The van der Waals surface area contributed by atoms with Crippen molar-refractivity contribution in [3.8, 4) is 5.75 Å². The topological polar surface area (TPSA) is 126 Å². The molecule has 3 heterocycles. The zero-order valence-electron chi connectivity index (χ0n) is 22.2. The average Bonchev–Trinajstić information content (AvgIpc) is 3.32. The zero-order valence-corrected chi connectivity index (χ0v) is 23.0. The van der Waals surface area contributed by atoms with Crippen LogP contribution in [0, 0.1) is 19.7 Å². The standard InChI is InChI=1S/C27H31FN6O4S/c1-16-11-21(33-39(36)9-7-34(8-10-39)19(4)35)14-23-26(16)27(30-15-29-23)31-22-6-5-20(28)13-25(22)37-18(3)24-12-17(2)32-38-24/h5-6,11-15,18-19,35H,7-10H2,1-4H3,(H,29,30,31)/t18-,19?/m1/s1. The van der Waals surface area contributed by atoms with Gasteiger partial charge < -0.3 is 19.7 Å². The van der Waals surface area contributed by atoms with Crippen LogP contribution in [0.25, 0.3) is 10.9 Å². The third-order valence-corrected chi connectivity index (χ3v) is 8.85. The molecule has 10 nitrogen and oxygen atoms in total. The number of aromatic nitrogens is 3. The molecule has 2 aromatic heterocycles. The van der Waals surface area contributed by atoms with E-state index in [0.717, 1.165) is 16.6 Å². The SMILES string of the molecule is Cc1cc([C@@H](C)Oc2cc(F)ccc2Nc2ncnc3cc(N=S4(=O)CCN(C(C)O)CC4)cc(C)c23)on1. The Balaban J connectivity index is 1.44. The Labute approximate surface area is 226 Å². The minimum atomic E-state index is -2.45. The van der Waals surface area contributed by atoms with E-state index in [0.29, 0.717) is 53.1 Å². The molecule has 0 saturated carbocycles. The van der Waals surface area contributed by atoms with Gasteiger partial charge in [0.25, 0.3) is 0 Å². The number of nitrogens with one attached hydrogen (secondary N) is 1. The summed E-state index contributed by atoms with van der Waals surface area (Å²) in [4.78, 5) is 10.7. The van der Waals surface area contributed by atoms with Crippen LogP contribution in [0.3, 0.4) is 0 Å². The molecule has 0 radical (unpaired) electrons. The fourth-order valence-corrected chi connectivity index (χ4v) is 6.48. The Morgan fingerprint density at radius 2 is 1.92 bits per heavy atom. The fourth-order valence-electron chi connectivity index (χ4n) is 4.56. The zero-order chi connectivity index (χ0) is 27.7. The van der Waals surface area contributed by atoms with E-state index in [-0.39, 0.29) is 5.75 Å². The van der Waals surface area contributed by atoms with Crippen LogP contribution in [0.5, 0.6) is 5.75 Å². The Morgan fingerprint density at radius 1 is 1.15 bits per heavy atom. The first-order valence-corrected chi connectivity index (χ1v) is 14.5. The summed E-state index contributed by atoms with van der Waals surface area (Å²) >= 11 is 0. The van der Waals surface area contributed by atoms with Gasteiger partial charge in [-0.05, 0) is 57.5 Å². The van der Waals surface area contributed by atoms with Gasteiger partial charge in [0.05, 0.1) is 32.3 Å². The van der Waals surface area contributed by atoms with Crippen molar-refractivity contribution >= 4 is 37.8 Å². The van der Waals surface area contributed by atoms with E-state index in [2.05, 4.69) is 24.8 Å². The molecule has 2 atom stereocenters. The number of aliphatic hydroxyl groups is 1. The summed E-state index contributed by atoms with van der Waals surface area (Å²) in [7, 11) is -2.45. The highest BCUT2D eigenvalue weighted by Crippen LogP contribution is 2.35. The number of nitrogens with zero attached hydrogens (tertiary/aromatic N) is 5. The molecular formula is C27H31FN6O4S. The summed E-state index contributed by atoms with van der Waals surface area (Å²) in [6.07, 6.45) is 0.357. The monoisotopic (exact) mass is 554 g/mol. The molecule has 39 heavy (non-hydrogen) atoms. The number of fused-ring (bicyclic) bond motifs is 1. The third kappa shape index (κ3) is 6.02. The largest absolute Gasteiger partial charge is 0.480 e. The molecule has 1 aliphatic rings. The summed E-state index contributed by atoms with van der Waals surface area (Å²) < 4.78 is 43.5. The number of aryl methyl sites for hydroxylation is 2. The lowest BCUT2D eigenvalue weighted by Crippen LogP contribution is -2.44. The quantitative estimate of drug-likeness (QED) is 0.324. The van der Waals surface area contributed by atoms with Gasteiger partial charge in [-0.15, -0.1) is 0 Å². The maximum Gasteiger partial charge on any atom is 0.177 e. The predicted molar refractivity (Wildman–Crippen MR) is 147 cm³/mol. The van der Waals surface area contributed by atoms with E-state index >= 15 is 0 Å². The number of ether oxygens (including phenoxy) is 1. The van der Waals surface area contributed by atoms with Gasteiger partial charge in [0.15, 0.2) is 11.9 Å². The second-order valence-electron chi connectivity index (χ2n) is 9.72. The molecule has 1 aliphatic heterocycles. The normalized spacial score (nSPS) is 17.1. The molecule has 0 amide bonds. The van der Waals surface area contributed by atoms with Crippen molar-refractivity contribution in [1.82, 2.24) is 20.0 Å². The Kier molecular flexibility index (Phi) is 7.52. The van der Waals surface area contributed by atoms with Crippen LogP contribution in [0.1, 0.15) is 37.0 Å². The molecule has 0 spiro atoms. The molecule has 5 rings (SSSR count). The van der Waals surface area contributed by atoms with E-state index in [9.17, 15) is 13.7 Å². The van der Waals surface area contributed by atoms with Gasteiger partial charge in [-0.3, -0.25) is 4.90 Å². The minimum absolute atomic E-state index is 0.285. The Morgan fingerprint density at radius 3 is 2.62 bits per heavy atom. The highest BCUT2D eigenvalue weighted by Gasteiger charge is 2.23. The van der Waals surface area contributed by atoms with Crippen molar-refractivity contribution in [3.63, 3.8) is 0 Å². The van der Waals surface area contributed by atoms with E-state index in [1.807, 2.05) is 24.8 Å². The van der Waals surface area contributed by atoms with Crippen molar-refractivity contribution in [2.45, 2.75) is 40.0 Å². The Bertz CT molecular complexity index is 1620. The first kappa shape index (κ1) is 27.0. The number of hydrogen-bond donors (Lipinski definition) is 2. The van der Waals surface area contributed by atoms with Crippen molar-refractivity contribution in [3.05, 3.63) is 65.6 Å². The van der Waals surface area contributed by atoms with Gasteiger partial charge >= 0.3 is 0 Å². The molecule has 4 aromatic rings. The van der Waals surface area contributed by atoms with E-state index in [4.69, 9.17) is 9.26 Å². The van der Waals surface area contributed by atoms with E-state index in [1.54, 1.807) is 32.0 Å². The van der Waals surface area contributed by atoms with Crippen LogP contribution < -0.4 is 10.1 Å². The van der Waals surface area contributed by atoms with Gasteiger partial charge in [-0.2, -0.15) is 4.36 Å². The molecule has 1 unspecified atom stereocenters. The predicted octanol–water partition coefficient (Wildman–Crippen LogP) is 5.01. The number of halogens is 1. The lowest BCUT2D eigenvalue weighted by atomic mass is 10.1.